The molecule has 1 aliphatic rings. The normalized spacial score (nSPS) is 15.0. The van der Waals surface area contributed by atoms with E-state index in [0.29, 0.717) is 5.92 Å². The van der Waals surface area contributed by atoms with E-state index in [1.54, 1.807) is 0 Å². The van der Waals surface area contributed by atoms with Gasteiger partial charge in [0.1, 0.15) is 5.75 Å². The third-order valence-electron chi connectivity index (χ3n) is 4.55. The summed E-state index contributed by atoms with van der Waals surface area (Å²) in [4.78, 5) is 12.4. The predicted molar refractivity (Wildman–Crippen MR) is 96.2 cm³/mol. The maximum atomic E-state index is 12.4. The fraction of sp³-hybridized carbons (Fsp3) is 0.381. The highest BCUT2D eigenvalue weighted by molar-refractivity contribution is 5.78. The van der Waals surface area contributed by atoms with Gasteiger partial charge >= 0.3 is 0 Å². The second kappa shape index (κ2) is 7.08. The molecule has 1 N–H and O–H groups in total. The molecule has 3 rings (SSSR count). The molecule has 1 unspecified atom stereocenters. The van der Waals surface area contributed by atoms with Crippen molar-refractivity contribution in [2.24, 2.45) is 5.92 Å². The van der Waals surface area contributed by atoms with Gasteiger partial charge in [-0.3, -0.25) is 4.79 Å². The highest BCUT2D eigenvalue weighted by Crippen LogP contribution is 2.41. The Morgan fingerprint density at radius 3 is 2.42 bits per heavy atom. The SMILES string of the molecule is Cc1ccc(C(NC(=O)COc2cc(C)ccc2C)C2CC2)cc1. The quantitative estimate of drug-likeness (QED) is 0.862. The van der Waals surface area contributed by atoms with Gasteiger partial charge in [-0.1, -0.05) is 42.0 Å². The molecule has 0 saturated heterocycles. The number of hydrogen-bond donors (Lipinski definition) is 1. The van der Waals surface area contributed by atoms with Crippen molar-refractivity contribution < 1.29 is 9.53 Å². The van der Waals surface area contributed by atoms with Crippen LogP contribution < -0.4 is 10.1 Å². The lowest BCUT2D eigenvalue weighted by atomic mass is 10.0. The molecule has 0 aliphatic heterocycles. The molecule has 1 saturated carbocycles. The molecule has 0 spiro atoms. The van der Waals surface area contributed by atoms with Gasteiger partial charge in [0, 0.05) is 0 Å². The summed E-state index contributed by atoms with van der Waals surface area (Å²) in [6.07, 6.45) is 2.35. The number of nitrogens with one attached hydrogen (secondary N) is 1. The fourth-order valence-electron chi connectivity index (χ4n) is 2.90. The number of benzene rings is 2. The standard InChI is InChI=1S/C21H25NO2/c1-14-5-8-17(9-6-14)21(18-10-11-18)22-20(23)13-24-19-12-15(2)4-7-16(19)3/h4-9,12,18,21H,10-11,13H2,1-3H3,(H,22,23). The second-order valence-electron chi connectivity index (χ2n) is 6.85. The Labute approximate surface area is 144 Å². The molecule has 1 amide bonds. The summed E-state index contributed by atoms with van der Waals surface area (Å²) in [7, 11) is 0. The molecule has 24 heavy (non-hydrogen) atoms. The van der Waals surface area contributed by atoms with Crippen molar-refractivity contribution in [2.75, 3.05) is 6.61 Å². The van der Waals surface area contributed by atoms with Crippen LogP contribution in [0.25, 0.3) is 0 Å². The first-order valence-corrected chi connectivity index (χ1v) is 8.59. The summed E-state index contributed by atoms with van der Waals surface area (Å²) in [5.41, 5.74) is 4.60. The maximum Gasteiger partial charge on any atom is 0.258 e. The Morgan fingerprint density at radius 2 is 1.75 bits per heavy atom. The zero-order valence-electron chi connectivity index (χ0n) is 14.6. The Kier molecular flexibility index (Phi) is 4.89. The summed E-state index contributed by atoms with van der Waals surface area (Å²) in [5.74, 6) is 1.27. The van der Waals surface area contributed by atoms with Gasteiger partial charge in [0.15, 0.2) is 6.61 Å². The Hall–Kier alpha value is -2.29. The molecular formula is C21H25NO2. The first-order valence-electron chi connectivity index (χ1n) is 8.59. The molecule has 0 heterocycles. The van der Waals surface area contributed by atoms with Gasteiger partial charge in [-0.25, -0.2) is 0 Å². The topological polar surface area (TPSA) is 38.3 Å². The van der Waals surface area contributed by atoms with Crippen LogP contribution in [0.5, 0.6) is 5.75 Å². The lowest BCUT2D eigenvalue weighted by Crippen LogP contribution is -2.33. The average molecular weight is 323 g/mol. The van der Waals surface area contributed by atoms with Crippen LogP contribution in [-0.4, -0.2) is 12.5 Å². The largest absolute Gasteiger partial charge is 0.483 e. The minimum absolute atomic E-state index is 0.0549. The molecule has 1 aliphatic carbocycles. The average Bonchev–Trinajstić information content (AvgIpc) is 3.39. The summed E-state index contributed by atoms with van der Waals surface area (Å²) < 4.78 is 5.72. The van der Waals surface area contributed by atoms with Gasteiger partial charge < -0.3 is 10.1 Å². The summed E-state index contributed by atoms with van der Waals surface area (Å²) >= 11 is 0. The zero-order valence-corrected chi connectivity index (χ0v) is 14.6. The summed E-state index contributed by atoms with van der Waals surface area (Å²) in [5, 5.41) is 3.16. The molecule has 2 aromatic rings. The lowest BCUT2D eigenvalue weighted by molar-refractivity contribution is -0.124. The van der Waals surface area contributed by atoms with Crippen molar-refractivity contribution in [1.29, 1.82) is 0 Å². The molecule has 2 aromatic carbocycles. The summed E-state index contributed by atoms with van der Waals surface area (Å²) in [6.45, 7) is 6.14. The van der Waals surface area contributed by atoms with E-state index in [2.05, 4.69) is 36.5 Å². The molecule has 3 heteroatoms. The van der Waals surface area contributed by atoms with E-state index in [1.165, 1.54) is 24.0 Å². The van der Waals surface area contributed by atoms with E-state index in [1.807, 2.05) is 32.0 Å². The first kappa shape index (κ1) is 16.6. The molecule has 0 bridgehead atoms. The maximum absolute atomic E-state index is 12.4. The number of ether oxygens (including phenoxy) is 1. The molecule has 126 valence electrons. The molecule has 0 aromatic heterocycles. The van der Waals surface area contributed by atoms with E-state index in [-0.39, 0.29) is 18.6 Å². The van der Waals surface area contributed by atoms with Gasteiger partial charge in [-0.05, 0) is 62.3 Å². The third kappa shape index (κ3) is 4.16. The van der Waals surface area contributed by atoms with E-state index in [0.717, 1.165) is 16.9 Å². The Morgan fingerprint density at radius 1 is 1.08 bits per heavy atom. The van der Waals surface area contributed by atoms with E-state index in [9.17, 15) is 4.79 Å². The van der Waals surface area contributed by atoms with E-state index < -0.39 is 0 Å². The van der Waals surface area contributed by atoms with Crippen molar-refractivity contribution in [3.63, 3.8) is 0 Å². The number of hydrogen-bond acceptors (Lipinski definition) is 2. The van der Waals surface area contributed by atoms with E-state index in [4.69, 9.17) is 4.74 Å². The van der Waals surface area contributed by atoms with Crippen LogP contribution in [0.4, 0.5) is 0 Å². The summed E-state index contributed by atoms with van der Waals surface area (Å²) in [6, 6.07) is 14.6. The number of rotatable bonds is 6. The van der Waals surface area contributed by atoms with Crippen LogP contribution >= 0.6 is 0 Å². The van der Waals surface area contributed by atoms with Crippen LogP contribution in [0.1, 0.15) is 41.1 Å². The number of carbonyl (C=O) groups excluding carboxylic acids is 1. The van der Waals surface area contributed by atoms with Crippen LogP contribution in [0.15, 0.2) is 42.5 Å². The molecular weight excluding hydrogens is 298 g/mol. The third-order valence-corrected chi connectivity index (χ3v) is 4.55. The highest BCUT2D eigenvalue weighted by Gasteiger charge is 2.33. The van der Waals surface area contributed by atoms with Crippen molar-refractivity contribution in [3.8, 4) is 5.75 Å². The van der Waals surface area contributed by atoms with Crippen LogP contribution in [-0.2, 0) is 4.79 Å². The molecule has 1 atom stereocenters. The van der Waals surface area contributed by atoms with Crippen molar-refractivity contribution in [3.05, 3.63) is 64.7 Å². The molecule has 0 radical (unpaired) electrons. The predicted octanol–water partition coefficient (Wildman–Crippen LogP) is 4.26. The van der Waals surface area contributed by atoms with Crippen molar-refractivity contribution in [1.82, 2.24) is 5.32 Å². The smallest absolute Gasteiger partial charge is 0.258 e. The number of aryl methyl sites for hydroxylation is 3. The van der Waals surface area contributed by atoms with Gasteiger partial charge in [-0.15, -0.1) is 0 Å². The molecule has 3 nitrogen and oxygen atoms in total. The number of amides is 1. The number of carbonyl (C=O) groups is 1. The highest BCUT2D eigenvalue weighted by atomic mass is 16.5. The van der Waals surface area contributed by atoms with Gasteiger partial charge in [0.05, 0.1) is 6.04 Å². The lowest BCUT2D eigenvalue weighted by Gasteiger charge is -2.19. The van der Waals surface area contributed by atoms with Gasteiger partial charge in [-0.2, -0.15) is 0 Å². The molecule has 1 fully saturated rings. The van der Waals surface area contributed by atoms with Gasteiger partial charge in [0.2, 0.25) is 0 Å². The Balaban J connectivity index is 1.62. The van der Waals surface area contributed by atoms with Crippen molar-refractivity contribution >= 4 is 5.91 Å². The van der Waals surface area contributed by atoms with Crippen LogP contribution in [0.3, 0.4) is 0 Å². The minimum atomic E-state index is -0.0617. The van der Waals surface area contributed by atoms with Crippen LogP contribution in [0, 0.1) is 26.7 Å². The first-order chi connectivity index (χ1) is 11.5. The van der Waals surface area contributed by atoms with Gasteiger partial charge in [0.25, 0.3) is 5.91 Å². The van der Waals surface area contributed by atoms with Crippen LogP contribution in [0.2, 0.25) is 0 Å². The monoisotopic (exact) mass is 323 g/mol. The minimum Gasteiger partial charge on any atom is -0.483 e. The zero-order chi connectivity index (χ0) is 17.1. The van der Waals surface area contributed by atoms with E-state index >= 15 is 0 Å². The van der Waals surface area contributed by atoms with Crippen molar-refractivity contribution in [2.45, 2.75) is 39.7 Å². The second-order valence-corrected chi connectivity index (χ2v) is 6.85. The fourth-order valence-corrected chi connectivity index (χ4v) is 2.90. The Bertz CT molecular complexity index is 717.